The Labute approximate surface area is 136 Å². The lowest BCUT2D eigenvalue weighted by Crippen LogP contribution is -2.37. The van der Waals surface area contributed by atoms with Gasteiger partial charge in [0.25, 0.3) is 0 Å². The molecular formula is C21H20O2. The van der Waals surface area contributed by atoms with Gasteiger partial charge in [-0.25, -0.2) is 0 Å². The summed E-state index contributed by atoms with van der Waals surface area (Å²) >= 11 is 0. The zero-order chi connectivity index (χ0) is 15.3. The Morgan fingerprint density at radius 1 is 0.913 bits per heavy atom. The highest BCUT2D eigenvalue weighted by atomic mass is 16.6. The molecule has 1 aliphatic carbocycles. The molecular weight excluding hydrogens is 284 g/mol. The van der Waals surface area contributed by atoms with E-state index in [0.717, 1.165) is 13.0 Å². The molecule has 2 aromatic rings. The molecule has 0 N–H and O–H groups in total. The van der Waals surface area contributed by atoms with Crippen molar-refractivity contribution in [2.45, 2.75) is 30.0 Å². The number of rotatable bonds is 2. The Morgan fingerprint density at radius 3 is 2.43 bits per heavy atom. The van der Waals surface area contributed by atoms with Crippen molar-refractivity contribution >= 4 is 0 Å². The van der Waals surface area contributed by atoms with E-state index in [0.29, 0.717) is 5.92 Å². The van der Waals surface area contributed by atoms with Crippen molar-refractivity contribution in [1.29, 1.82) is 0 Å². The van der Waals surface area contributed by atoms with Crippen molar-refractivity contribution < 1.29 is 9.47 Å². The molecule has 3 aliphatic rings. The highest BCUT2D eigenvalue weighted by Gasteiger charge is 2.82. The molecule has 0 radical (unpaired) electrons. The standard InChI is InChI=1S/C21H20O2/c1-3-8-16(9-4-1)19-21-18(12-7-14-23-21)20(21,13-15-22-19)17-10-5-2-6-11-17/h1-6,8-11,13,15,18-19H,7,12,14H2/t18-,19+,20+,21+/m0/s1. The van der Waals surface area contributed by atoms with E-state index in [1.807, 2.05) is 6.26 Å². The van der Waals surface area contributed by atoms with E-state index in [1.54, 1.807) is 0 Å². The Morgan fingerprint density at radius 2 is 1.65 bits per heavy atom. The highest BCUT2D eigenvalue weighted by Crippen LogP contribution is 2.75. The number of hydrogen-bond donors (Lipinski definition) is 0. The van der Waals surface area contributed by atoms with Crippen LogP contribution in [-0.4, -0.2) is 12.2 Å². The van der Waals surface area contributed by atoms with E-state index in [1.165, 1.54) is 17.5 Å². The second-order valence-corrected chi connectivity index (χ2v) is 6.80. The van der Waals surface area contributed by atoms with Crippen molar-refractivity contribution in [3.05, 3.63) is 84.1 Å². The van der Waals surface area contributed by atoms with Crippen LogP contribution in [0.5, 0.6) is 0 Å². The molecule has 0 bridgehead atoms. The fourth-order valence-corrected chi connectivity index (χ4v) is 5.00. The van der Waals surface area contributed by atoms with Crippen LogP contribution in [0.1, 0.15) is 30.1 Å². The summed E-state index contributed by atoms with van der Waals surface area (Å²) in [4.78, 5) is 0. The first-order chi connectivity index (χ1) is 11.4. The average molecular weight is 304 g/mol. The van der Waals surface area contributed by atoms with Crippen LogP contribution < -0.4 is 0 Å². The molecule has 0 unspecified atom stereocenters. The summed E-state index contributed by atoms with van der Waals surface area (Å²) in [6.07, 6.45) is 6.46. The van der Waals surface area contributed by atoms with Gasteiger partial charge in [-0.05, 0) is 30.0 Å². The van der Waals surface area contributed by atoms with E-state index in [-0.39, 0.29) is 17.1 Å². The lowest BCUT2D eigenvalue weighted by molar-refractivity contribution is -0.102. The van der Waals surface area contributed by atoms with Crippen LogP contribution in [0.4, 0.5) is 0 Å². The van der Waals surface area contributed by atoms with Gasteiger partial charge in [0, 0.05) is 12.5 Å². The summed E-state index contributed by atoms with van der Waals surface area (Å²) in [6, 6.07) is 21.3. The number of benzene rings is 2. The van der Waals surface area contributed by atoms with Crippen LogP contribution in [0.2, 0.25) is 0 Å². The third-order valence-corrected chi connectivity index (χ3v) is 5.90. The van der Waals surface area contributed by atoms with Crippen LogP contribution >= 0.6 is 0 Å². The Hall–Kier alpha value is -2.06. The minimum atomic E-state index is -0.247. The van der Waals surface area contributed by atoms with Crippen LogP contribution in [0, 0.1) is 5.92 Å². The number of ether oxygens (including phenoxy) is 2. The van der Waals surface area contributed by atoms with Crippen molar-refractivity contribution in [2.24, 2.45) is 5.92 Å². The number of fused-ring (bicyclic) bond motifs is 1. The van der Waals surface area contributed by atoms with Crippen LogP contribution in [-0.2, 0) is 14.9 Å². The highest BCUT2D eigenvalue weighted by molar-refractivity contribution is 5.53. The SMILES string of the molecule is C1=C[C@@]2(c3ccccc3)[C@@H]3CCCO[C@@]32[C@@H](c2ccccc2)O1. The van der Waals surface area contributed by atoms with Crippen molar-refractivity contribution in [2.75, 3.05) is 6.61 Å². The largest absolute Gasteiger partial charge is 0.491 e. The van der Waals surface area contributed by atoms with Gasteiger partial charge in [-0.2, -0.15) is 0 Å². The maximum Gasteiger partial charge on any atom is 0.153 e. The molecule has 0 amide bonds. The molecule has 2 heteroatoms. The van der Waals surface area contributed by atoms with Gasteiger partial charge in [-0.15, -0.1) is 0 Å². The Balaban J connectivity index is 1.68. The predicted molar refractivity (Wildman–Crippen MR) is 88.9 cm³/mol. The zero-order valence-corrected chi connectivity index (χ0v) is 13.0. The molecule has 116 valence electrons. The van der Waals surface area contributed by atoms with Gasteiger partial charge >= 0.3 is 0 Å². The summed E-state index contributed by atoms with van der Waals surface area (Å²) in [5, 5.41) is 0. The lowest BCUT2D eigenvalue weighted by Gasteiger charge is -2.35. The molecule has 1 spiro atoms. The summed E-state index contributed by atoms with van der Waals surface area (Å²) in [5.74, 6) is 0.495. The first kappa shape index (κ1) is 13.4. The second kappa shape index (κ2) is 4.72. The Bertz CT molecular complexity index is 739. The summed E-state index contributed by atoms with van der Waals surface area (Å²) in [6.45, 7) is 0.825. The zero-order valence-electron chi connectivity index (χ0n) is 13.0. The van der Waals surface area contributed by atoms with Crippen LogP contribution in [0.25, 0.3) is 0 Å². The molecule has 2 aliphatic heterocycles. The normalized spacial score (nSPS) is 37.4. The van der Waals surface area contributed by atoms with Gasteiger partial charge in [0.05, 0.1) is 11.7 Å². The van der Waals surface area contributed by atoms with E-state index in [9.17, 15) is 0 Å². The minimum absolute atomic E-state index is 0.0285. The first-order valence-electron chi connectivity index (χ1n) is 8.47. The van der Waals surface area contributed by atoms with Gasteiger partial charge in [0.15, 0.2) is 6.10 Å². The van der Waals surface area contributed by atoms with Gasteiger partial charge in [-0.3, -0.25) is 0 Å². The molecule has 5 rings (SSSR count). The molecule has 0 aromatic heterocycles. The molecule has 2 fully saturated rings. The predicted octanol–water partition coefficient (Wildman–Crippen LogP) is 4.39. The molecule has 2 nitrogen and oxygen atoms in total. The molecule has 2 heterocycles. The molecule has 1 saturated carbocycles. The maximum absolute atomic E-state index is 6.49. The minimum Gasteiger partial charge on any atom is -0.491 e. The summed E-state index contributed by atoms with van der Waals surface area (Å²) in [7, 11) is 0. The Kier molecular flexibility index (Phi) is 2.75. The van der Waals surface area contributed by atoms with Gasteiger partial charge in [-0.1, -0.05) is 60.7 Å². The van der Waals surface area contributed by atoms with Gasteiger partial charge in [0.2, 0.25) is 0 Å². The third kappa shape index (κ3) is 1.57. The second-order valence-electron chi connectivity index (χ2n) is 6.80. The third-order valence-electron chi connectivity index (χ3n) is 5.90. The van der Waals surface area contributed by atoms with Crippen LogP contribution in [0.3, 0.4) is 0 Å². The first-order valence-corrected chi connectivity index (χ1v) is 8.47. The topological polar surface area (TPSA) is 18.5 Å². The van der Waals surface area contributed by atoms with E-state index in [4.69, 9.17) is 9.47 Å². The van der Waals surface area contributed by atoms with E-state index in [2.05, 4.69) is 66.7 Å². The van der Waals surface area contributed by atoms with Crippen LogP contribution in [0.15, 0.2) is 73.0 Å². The molecule has 1 saturated heterocycles. The van der Waals surface area contributed by atoms with Crippen molar-refractivity contribution in [1.82, 2.24) is 0 Å². The average Bonchev–Trinajstić information content (AvgIpc) is 3.28. The van der Waals surface area contributed by atoms with E-state index >= 15 is 0 Å². The fourth-order valence-electron chi connectivity index (χ4n) is 5.00. The van der Waals surface area contributed by atoms with Crippen molar-refractivity contribution in [3.8, 4) is 0 Å². The molecule has 2 aromatic carbocycles. The summed E-state index contributed by atoms with van der Waals surface area (Å²) in [5.41, 5.74) is 2.28. The van der Waals surface area contributed by atoms with Gasteiger partial charge in [0.1, 0.15) is 5.60 Å². The fraction of sp³-hybridized carbons (Fsp3) is 0.333. The summed E-state index contributed by atoms with van der Waals surface area (Å²) < 4.78 is 12.6. The van der Waals surface area contributed by atoms with Crippen molar-refractivity contribution in [3.63, 3.8) is 0 Å². The molecule has 23 heavy (non-hydrogen) atoms. The smallest absolute Gasteiger partial charge is 0.153 e. The monoisotopic (exact) mass is 304 g/mol. The molecule has 4 atom stereocenters. The van der Waals surface area contributed by atoms with Gasteiger partial charge < -0.3 is 9.47 Å². The quantitative estimate of drug-likeness (QED) is 0.819. The maximum atomic E-state index is 6.49. The lowest BCUT2D eigenvalue weighted by atomic mass is 9.86. The van der Waals surface area contributed by atoms with E-state index < -0.39 is 0 Å². The number of hydrogen-bond acceptors (Lipinski definition) is 2.